The number of rotatable bonds is 6. The molecule has 0 amide bonds. The molecule has 2 aliphatic rings. The van der Waals surface area contributed by atoms with E-state index in [-0.39, 0.29) is 22.5 Å². The number of methoxy groups -OCH3 is 1. The molecule has 2 aliphatic carbocycles. The van der Waals surface area contributed by atoms with Gasteiger partial charge in [0.05, 0.1) is 18.6 Å². The predicted molar refractivity (Wildman–Crippen MR) is 123 cm³/mol. The molecule has 0 heterocycles. The van der Waals surface area contributed by atoms with E-state index in [4.69, 9.17) is 9.16 Å². The number of carbonyl (C=O) groups is 1. The van der Waals surface area contributed by atoms with Gasteiger partial charge in [0.25, 0.3) is 8.32 Å². The largest absolute Gasteiger partial charge is 0.469 e. The monoisotopic (exact) mass is 422 g/mol. The molecule has 0 spiro atoms. The van der Waals surface area contributed by atoms with Gasteiger partial charge in [0.2, 0.25) is 0 Å². The topological polar surface area (TPSA) is 35.5 Å². The maximum Gasteiger partial charge on any atom is 0.312 e. The molecule has 160 valence electrons. The molecule has 2 aromatic rings. The summed E-state index contributed by atoms with van der Waals surface area (Å²) >= 11 is 0. The summed E-state index contributed by atoms with van der Waals surface area (Å²) < 4.78 is 12.6. The van der Waals surface area contributed by atoms with E-state index in [1.54, 1.807) is 0 Å². The van der Waals surface area contributed by atoms with Crippen molar-refractivity contribution in [1.82, 2.24) is 0 Å². The Morgan fingerprint density at radius 1 is 1.00 bits per heavy atom. The number of fused-ring (bicyclic) bond motifs is 1. The lowest BCUT2D eigenvalue weighted by Crippen LogP contribution is -2.68. The normalized spacial score (nSPS) is 28.1. The Labute approximate surface area is 181 Å². The minimum atomic E-state index is -2.61. The van der Waals surface area contributed by atoms with Crippen molar-refractivity contribution in [2.45, 2.75) is 58.1 Å². The highest BCUT2D eigenvalue weighted by molar-refractivity contribution is 6.99. The van der Waals surface area contributed by atoms with Crippen molar-refractivity contribution in [2.75, 3.05) is 7.11 Å². The molecule has 2 saturated carbocycles. The molecule has 0 saturated heterocycles. The van der Waals surface area contributed by atoms with Gasteiger partial charge in [-0.2, -0.15) is 0 Å². The Hall–Kier alpha value is -1.91. The standard InChI is InChI=1S/C26H34O3Si/c1-6-21-22-17-26(22,24(27)28-5)18-23(21)29-30(25(2,3)4,19-13-9-7-10-14-19)20-15-11-8-12-16-20/h7-16,21-23H,6,17-18H2,1-5H3/t21-,22+,23+,26+/m1/s1. The molecular formula is C26H34O3Si. The highest BCUT2D eigenvalue weighted by atomic mass is 28.4. The van der Waals surface area contributed by atoms with Gasteiger partial charge in [0, 0.05) is 0 Å². The van der Waals surface area contributed by atoms with Crippen LogP contribution in [0.4, 0.5) is 0 Å². The summed E-state index contributed by atoms with van der Waals surface area (Å²) in [6.07, 6.45) is 2.86. The van der Waals surface area contributed by atoms with Crippen LogP contribution in [0.3, 0.4) is 0 Å². The number of ether oxygens (including phenoxy) is 1. The van der Waals surface area contributed by atoms with Crippen LogP contribution in [0.25, 0.3) is 0 Å². The van der Waals surface area contributed by atoms with E-state index in [0.717, 1.165) is 19.3 Å². The van der Waals surface area contributed by atoms with Crippen molar-refractivity contribution < 1.29 is 14.0 Å². The molecule has 30 heavy (non-hydrogen) atoms. The number of carbonyl (C=O) groups excluding carboxylic acids is 1. The van der Waals surface area contributed by atoms with Crippen LogP contribution in [0.15, 0.2) is 60.7 Å². The summed E-state index contributed by atoms with van der Waals surface area (Å²) in [5.74, 6) is 0.767. The SMILES string of the molecule is CC[C@H]1[C@@H](O[Si](c2ccccc2)(c2ccccc2)C(C)(C)C)C[C@@]2(C(=O)OC)C[C@@H]12. The van der Waals surface area contributed by atoms with Crippen LogP contribution in [0.1, 0.15) is 47.0 Å². The van der Waals surface area contributed by atoms with Crippen molar-refractivity contribution >= 4 is 24.7 Å². The average Bonchev–Trinajstić information content (AvgIpc) is 3.38. The van der Waals surface area contributed by atoms with Gasteiger partial charge in [-0.15, -0.1) is 0 Å². The van der Waals surface area contributed by atoms with Gasteiger partial charge < -0.3 is 9.16 Å². The third kappa shape index (κ3) is 3.16. The number of hydrogen-bond acceptors (Lipinski definition) is 3. The molecule has 0 aliphatic heterocycles. The Morgan fingerprint density at radius 2 is 1.53 bits per heavy atom. The highest BCUT2D eigenvalue weighted by Gasteiger charge is 2.71. The smallest absolute Gasteiger partial charge is 0.312 e. The van der Waals surface area contributed by atoms with Crippen LogP contribution >= 0.6 is 0 Å². The van der Waals surface area contributed by atoms with Crippen molar-refractivity contribution in [3.05, 3.63) is 60.7 Å². The van der Waals surface area contributed by atoms with Crippen LogP contribution in [0.2, 0.25) is 5.04 Å². The minimum Gasteiger partial charge on any atom is -0.469 e. The van der Waals surface area contributed by atoms with E-state index in [1.807, 2.05) is 0 Å². The van der Waals surface area contributed by atoms with Gasteiger partial charge in [-0.05, 0) is 40.1 Å². The van der Waals surface area contributed by atoms with Crippen LogP contribution in [0.5, 0.6) is 0 Å². The molecule has 2 aromatic carbocycles. The lowest BCUT2D eigenvalue weighted by molar-refractivity contribution is -0.147. The summed E-state index contributed by atoms with van der Waals surface area (Å²) in [6, 6.07) is 21.6. The van der Waals surface area contributed by atoms with Crippen molar-refractivity contribution in [3.8, 4) is 0 Å². The van der Waals surface area contributed by atoms with E-state index in [2.05, 4.69) is 88.4 Å². The molecule has 0 radical (unpaired) electrons. The Morgan fingerprint density at radius 3 is 1.97 bits per heavy atom. The van der Waals surface area contributed by atoms with Crippen molar-refractivity contribution in [1.29, 1.82) is 0 Å². The minimum absolute atomic E-state index is 0.0421. The predicted octanol–water partition coefficient (Wildman–Crippen LogP) is 4.54. The Kier molecular flexibility index (Phi) is 5.44. The zero-order valence-corrected chi connectivity index (χ0v) is 19.9. The summed E-state index contributed by atoms with van der Waals surface area (Å²) in [4.78, 5) is 12.6. The second kappa shape index (κ2) is 7.65. The molecule has 0 N–H and O–H groups in total. The molecule has 4 heteroatoms. The average molecular weight is 423 g/mol. The number of esters is 1. The lowest BCUT2D eigenvalue weighted by atomic mass is 9.98. The fourth-order valence-electron chi connectivity index (χ4n) is 6.01. The number of benzene rings is 2. The third-order valence-electron chi connectivity index (χ3n) is 7.50. The van der Waals surface area contributed by atoms with Crippen molar-refractivity contribution in [2.24, 2.45) is 17.3 Å². The molecule has 0 bridgehead atoms. The highest BCUT2D eigenvalue weighted by Crippen LogP contribution is 2.68. The van der Waals surface area contributed by atoms with Crippen LogP contribution < -0.4 is 10.4 Å². The van der Waals surface area contributed by atoms with E-state index in [0.29, 0.717) is 11.8 Å². The fourth-order valence-corrected chi connectivity index (χ4v) is 10.7. The van der Waals surface area contributed by atoms with E-state index < -0.39 is 8.32 Å². The van der Waals surface area contributed by atoms with Gasteiger partial charge in [-0.1, -0.05) is 94.8 Å². The molecule has 4 rings (SSSR count). The molecule has 3 nitrogen and oxygen atoms in total. The summed E-state index contributed by atoms with van der Waals surface area (Å²) in [7, 11) is -1.09. The van der Waals surface area contributed by atoms with E-state index >= 15 is 0 Å². The first kappa shape index (κ1) is 21.3. The molecule has 0 aromatic heterocycles. The first-order valence-corrected chi connectivity index (χ1v) is 13.1. The zero-order valence-electron chi connectivity index (χ0n) is 18.9. The first-order valence-electron chi connectivity index (χ1n) is 11.2. The molecule has 2 fully saturated rings. The van der Waals surface area contributed by atoms with Crippen LogP contribution in [0, 0.1) is 17.3 Å². The van der Waals surface area contributed by atoms with E-state index in [9.17, 15) is 4.79 Å². The maximum absolute atomic E-state index is 12.6. The fraction of sp³-hybridized carbons (Fsp3) is 0.500. The van der Waals surface area contributed by atoms with Gasteiger partial charge in [-0.25, -0.2) is 0 Å². The van der Waals surface area contributed by atoms with Gasteiger partial charge in [0.1, 0.15) is 0 Å². The first-order chi connectivity index (χ1) is 14.3. The van der Waals surface area contributed by atoms with E-state index in [1.165, 1.54) is 17.5 Å². The quantitative estimate of drug-likeness (QED) is 0.506. The van der Waals surface area contributed by atoms with Gasteiger partial charge in [0.15, 0.2) is 0 Å². The third-order valence-corrected chi connectivity index (χ3v) is 12.6. The Bertz CT molecular complexity index is 850. The van der Waals surface area contributed by atoms with Crippen molar-refractivity contribution in [3.63, 3.8) is 0 Å². The molecular weight excluding hydrogens is 388 g/mol. The lowest BCUT2D eigenvalue weighted by Gasteiger charge is -2.46. The van der Waals surface area contributed by atoms with Gasteiger partial charge >= 0.3 is 5.97 Å². The Balaban J connectivity index is 1.81. The van der Waals surface area contributed by atoms with Gasteiger partial charge in [-0.3, -0.25) is 4.79 Å². The second-order valence-corrected chi connectivity index (χ2v) is 14.3. The summed E-state index contributed by atoms with van der Waals surface area (Å²) in [5.41, 5.74) is -0.314. The second-order valence-electron chi connectivity index (χ2n) is 10.1. The molecule has 4 atom stereocenters. The summed E-state index contributed by atoms with van der Waals surface area (Å²) in [5, 5.41) is 2.54. The summed E-state index contributed by atoms with van der Waals surface area (Å²) in [6.45, 7) is 9.17. The molecule has 0 unspecified atom stereocenters. The maximum atomic E-state index is 12.6. The van der Waals surface area contributed by atoms with Crippen LogP contribution in [-0.4, -0.2) is 27.5 Å². The van der Waals surface area contributed by atoms with Crippen LogP contribution in [-0.2, 0) is 14.0 Å². The number of hydrogen-bond donors (Lipinski definition) is 0. The zero-order chi connectivity index (χ0) is 21.6.